The van der Waals surface area contributed by atoms with Crippen LogP contribution >= 0.6 is 0 Å². The van der Waals surface area contributed by atoms with E-state index in [1.807, 2.05) is 13.8 Å². The van der Waals surface area contributed by atoms with Gasteiger partial charge >= 0.3 is 18.0 Å². The molecule has 0 spiro atoms. The van der Waals surface area contributed by atoms with Crippen molar-refractivity contribution in [3.05, 3.63) is 23.8 Å². The zero-order chi connectivity index (χ0) is 24.3. The summed E-state index contributed by atoms with van der Waals surface area (Å²) in [6.07, 6.45) is 2.04. The first-order chi connectivity index (χ1) is 15.0. The first-order valence-electron chi connectivity index (χ1n) is 10.8. The number of rotatable bonds is 11. The third-order valence-corrected chi connectivity index (χ3v) is 4.55. The molecule has 2 amide bonds. The van der Waals surface area contributed by atoms with Gasteiger partial charge in [-0.25, -0.2) is 4.79 Å². The number of hydrogen-bond acceptors (Lipinski definition) is 7. The van der Waals surface area contributed by atoms with Crippen LogP contribution in [0.1, 0.15) is 59.4 Å². The first kappa shape index (κ1) is 26.9. The fraction of sp³-hybridized carbons (Fsp3) is 0.565. The quantitative estimate of drug-likeness (QED) is 0.295. The summed E-state index contributed by atoms with van der Waals surface area (Å²) in [5.41, 5.74) is 0.739. The lowest BCUT2D eigenvalue weighted by atomic mass is 10.0. The average Bonchev–Trinajstić information content (AvgIpc) is 2.69. The van der Waals surface area contributed by atoms with E-state index >= 15 is 0 Å². The largest absolute Gasteiger partial charge is 0.465 e. The second-order valence-electron chi connectivity index (χ2n) is 7.83. The molecule has 2 N–H and O–H groups in total. The van der Waals surface area contributed by atoms with Crippen LogP contribution in [0, 0.1) is 12.8 Å². The molecular weight excluding hydrogens is 416 g/mol. The summed E-state index contributed by atoms with van der Waals surface area (Å²) in [7, 11) is 0. The molecule has 1 aromatic carbocycles. The summed E-state index contributed by atoms with van der Waals surface area (Å²) >= 11 is 0. The Morgan fingerprint density at radius 2 is 1.56 bits per heavy atom. The maximum Gasteiger partial charge on any atom is 0.412 e. The Kier molecular flexibility index (Phi) is 10.7. The fourth-order valence-corrected chi connectivity index (χ4v) is 2.85. The van der Waals surface area contributed by atoms with E-state index in [1.165, 1.54) is 6.07 Å². The van der Waals surface area contributed by atoms with Gasteiger partial charge in [0.25, 0.3) is 0 Å². The highest BCUT2D eigenvalue weighted by molar-refractivity contribution is 6.18. The minimum Gasteiger partial charge on any atom is -0.465 e. The van der Waals surface area contributed by atoms with E-state index in [0.29, 0.717) is 16.9 Å². The Morgan fingerprint density at radius 1 is 0.969 bits per heavy atom. The summed E-state index contributed by atoms with van der Waals surface area (Å²) in [6, 6.07) is 4.84. The summed E-state index contributed by atoms with van der Waals surface area (Å²) < 4.78 is 15.2. The molecular formula is C23H34N2O7. The van der Waals surface area contributed by atoms with E-state index in [4.69, 9.17) is 14.2 Å². The average molecular weight is 451 g/mol. The van der Waals surface area contributed by atoms with Gasteiger partial charge in [0.1, 0.15) is 5.60 Å². The van der Waals surface area contributed by atoms with Crippen LogP contribution in [-0.2, 0) is 28.6 Å². The van der Waals surface area contributed by atoms with Crippen molar-refractivity contribution in [2.45, 2.75) is 66.4 Å². The van der Waals surface area contributed by atoms with Gasteiger partial charge < -0.3 is 19.5 Å². The number of anilines is 2. The monoisotopic (exact) mass is 450 g/mol. The van der Waals surface area contributed by atoms with E-state index < -0.39 is 35.5 Å². The molecule has 0 saturated carbocycles. The molecule has 0 fully saturated rings. The lowest BCUT2D eigenvalue weighted by Gasteiger charge is -2.25. The Balaban J connectivity index is 2.96. The molecule has 32 heavy (non-hydrogen) atoms. The minimum absolute atomic E-state index is 0.0111. The van der Waals surface area contributed by atoms with Gasteiger partial charge in [-0.05, 0) is 65.2 Å². The van der Waals surface area contributed by atoms with Crippen molar-refractivity contribution in [2.75, 3.05) is 23.8 Å². The van der Waals surface area contributed by atoms with Crippen LogP contribution in [0.4, 0.5) is 16.2 Å². The zero-order valence-electron chi connectivity index (χ0n) is 19.7. The summed E-state index contributed by atoms with van der Waals surface area (Å²) in [5.74, 6) is -4.62. The van der Waals surface area contributed by atoms with Crippen LogP contribution in [0.2, 0.25) is 0 Å². The molecule has 178 valence electrons. The standard InChI is InChI=1S/C23H34N2O7/c1-7-10-13-23(5,6)32-22(29)24-16-12-11-15(4)17(14-16)25-19(26)18(20(27)30-8-2)21(28)31-9-3/h11-12,14,18H,7-10,13H2,1-6H3,(H,24,29)(H,25,26). The molecule has 9 heteroatoms. The second-order valence-corrected chi connectivity index (χ2v) is 7.83. The van der Waals surface area contributed by atoms with Gasteiger partial charge in [-0.3, -0.25) is 19.7 Å². The number of carbonyl (C=O) groups excluding carboxylic acids is 4. The predicted octanol–water partition coefficient (Wildman–Crippen LogP) is 4.19. The summed E-state index contributed by atoms with van der Waals surface area (Å²) in [5, 5.41) is 5.18. The van der Waals surface area contributed by atoms with Crippen molar-refractivity contribution < 1.29 is 33.4 Å². The van der Waals surface area contributed by atoms with Gasteiger partial charge in [0.15, 0.2) is 0 Å². The van der Waals surface area contributed by atoms with Crippen molar-refractivity contribution in [3.63, 3.8) is 0 Å². The highest BCUT2D eigenvalue weighted by atomic mass is 16.6. The molecule has 0 bridgehead atoms. The van der Waals surface area contributed by atoms with Crippen molar-refractivity contribution >= 4 is 35.3 Å². The number of carbonyl (C=O) groups is 4. The normalized spacial score (nSPS) is 11.0. The maximum absolute atomic E-state index is 12.7. The molecule has 0 saturated heterocycles. The van der Waals surface area contributed by atoms with Gasteiger partial charge in [0, 0.05) is 11.4 Å². The number of aryl methyl sites for hydroxylation is 1. The summed E-state index contributed by atoms with van der Waals surface area (Å²) in [6.45, 7) is 10.6. The van der Waals surface area contributed by atoms with Crippen molar-refractivity contribution in [3.8, 4) is 0 Å². The molecule has 1 aromatic rings. The van der Waals surface area contributed by atoms with Gasteiger partial charge in [0.2, 0.25) is 11.8 Å². The number of unbranched alkanes of at least 4 members (excludes halogenated alkanes) is 1. The maximum atomic E-state index is 12.7. The lowest BCUT2D eigenvalue weighted by molar-refractivity contribution is -0.163. The number of nitrogens with one attached hydrogen (secondary N) is 2. The van der Waals surface area contributed by atoms with E-state index in [9.17, 15) is 19.2 Å². The van der Waals surface area contributed by atoms with Crippen LogP contribution in [0.15, 0.2) is 18.2 Å². The number of amides is 2. The van der Waals surface area contributed by atoms with Gasteiger partial charge in [-0.15, -0.1) is 0 Å². The lowest BCUT2D eigenvalue weighted by Crippen LogP contribution is -2.38. The Bertz CT molecular complexity index is 803. The van der Waals surface area contributed by atoms with E-state index in [-0.39, 0.29) is 13.2 Å². The molecule has 1 rings (SSSR count). The minimum atomic E-state index is -1.75. The fourth-order valence-electron chi connectivity index (χ4n) is 2.85. The van der Waals surface area contributed by atoms with Crippen LogP contribution in [0.25, 0.3) is 0 Å². The molecule has 0 aliphatic heterocycles. The van der Waals surface area contributed by atoms with Crippen LogP contribution in [0.5, 0.6) is 0 Å². The van der Waals surface area contributed by atoms with Crippen LogP contribution in [-0.4, -0.2) is 42.8 Å². The predicted molar refractivity (Wildman–Crippen MR) is 120 cm³/mol. The SMILES string of the molecule is CCCCC(C)(C)OC(=O)Nc1ccc(C)c(NC(=O)C(C(=O)OCC)C(=O)OCC)c1. The molecule has 0 aliphatic rings. The van der Waals surface area contributed by atoms with Crippen LogP contribution in [0.3, 0.4) is 0 Å². The van der Waals surface area contributed by atoms with E-state index in [0.717, 1.165) is 19.3 Å². The smallest absolute Gasteiger partial charge is 0.412 e. The second kappa shape index (κ2) is 12.7. The van der Waals surface area contributed by atoms with E-state index in [2.05, 4.69) is 17.6 Å². The highest BCUT2D eigenvalue weighted by Crippen LogP contribution is 2.23. The van der Waals surface area contributed by atoms with Crippen molar-refractivity contribution in [1.29, 1.82) is 0 Å². The molecule has 0 atom stereocenters. The first-order valence-corrected chi connectivity index (χ1v) is 10.8. The summed E-state index contributed by atoms with van der Waals surface area (Å²) in [4.78, 5) is 49.3. The molecule has 0 heterocycles. The Morgan fingerprint density at radius 3 is 2.09 bits per heavy atom. The number of ether oxygens (including phenoxy) is 3. The number of esters is 2. The van der Waals surface area contributed by atoms with Crippen LogP contribution < -0.4 is 10.6 Å². The molecule has 9 nitrogen and oxygen atoms in total. The third kappa shape index (κ3) is 8.56. The molecule has 0 aliphatic carbocycles. The van der Waals surface area contributed by atoms with E-state index in [1.54, 1.807) is 32.9 Å². The topological polar surface area (TPSA) is 120 Å². The number of benzene rings is 1. The van der Waals surface area contributed by atoms with Crippen molar-refractivity contribution in [1.82, 2.24) is 0 Å². The molecule has 0 aromatic heterocycles. The number of hydrogen-bond donors (Lipinski definition) is 2. The Labute approximate surface area is 189 Å². The zero-order valence-corrected chi connectivity index (χ0v) is 19.7. The Hall–Kier alpha value is -3.10. The van der Waals surface area contributed by atoms with Gasteiger partial charge in [0.05, 0.1) is 13.2 Å². The molecule has 0 radical (unpaired) electrons. The van der Waals surface area contributed by atoms with Crippen molar-refractivity contribution in [2.24, 2.45) is 5.92 Å². The highest BCUT2D eigenvalue weighted by Gasteiger charge is 2.37. The molecule has 0 unspecified atom stereocenters. The van der Waals surface area contributed by atoms with Gasteiger partial charge in [-0.1, -0.05) is 19.4 Å². The van der Waals surface area contributed by atoms with Gasteiger partial charge in [-0.2, -0.15) is 0 Å². The third-order valence-electron chi connectivity index (χ3n) is 4.55.